The highest BCUT2D eigenvalue weighted by Crippen LogP contribution is 2.33. The van der Waals surface area contributed by atoms with Crippen molar-refractivity contribution in [3.05, 3.63) is 108 Å². The maximum Gasteiger partial charge on any atom is 0.573 e. The lowest BCUT2D eigenvalue weighted by atomic mass is 10.1. The lowest BCUT2D eigenvalue weighted by Gasteiger charge is -2.35. The number of fused-ring (bicyclic) bond motifs is 2. The highest BCUT2D eigenvalue weighted by Gasteiger charge is 2.34. The van der Waals surface area contributed by atoms with Crippen LogP contribution in [0, 0.1) is 0 Å². The molecule has 2 aliphatic rings. The molecule has 0 saturated heterocycles. The Morgan fingerprint density at radius 3 is 1.84 bits per heavy atom. The summed E-state index contributed by atoms with van der Waals surface area (Å²) in [6.45, 7) is 0.946. The Hall–Kier alpha value is -5.62. The van der Waals surface area contributed by atoms with Crippen LogP contribution in [0.4, 0.5) is 47.3 Å². The molecule has 6 rings (SSSR count). The molecule has 12 nitrogen and oxygen atoms in total. The standard InChI is InChI=1S/C16H15F3N4O2.C15H13F3N4O2/c1-22-14-5-4-13(25-16(17,18)19)7-12(14)10-23(15(22)24)21-9-11-3-2-6-20-8-11;16-15(17,18)24-12-3-4-13-11(6-12)9-22(14(23)21-13)20-8-10-2-1-5-19-7-10/h2-8,21H,9-10H2,1H3;1-7,20H,8-9H2,(H,21,23). The summed E-state index contributed by atoms with van der Waals surface area (Å²) in [6, 6.07) is 14.2. The molecule has 4 heterocycles. The van der Waals surface area contributed by atoms with E-state index >= 15 is 0 Å². The van der Waals surface area contributed by atoms with Gasteiger partial charge in [0.1, 0.15) is 11.5 Å². The minimum Gasteiger partial charge on any atom is -0.406 e. The van der Waals surface area contributed by atoms with Gasteiger partial charge in [-0.1, -0.05) is 12.1 Å². The molecular formula is C31H28F6N8O4. The quantitative estimate of drug-likeness (QED) is 0.190. The predicted octanol–water partition coefficient (Wildman–Crippen LogP) is 6.09. The summed E-state index contributed by atoms with van der Waals surface area (Å²) < 4.78 is 81.9. The van der Waals surface area contributed by atoms with Gasteiger partial charge in [0.2, 0.25) is 0 Å². The van der Waals surface area contributed by atoms with Gasteiger partial charge in [0.25, 0.3) is 0 Å². The lowest BCUT2D eigenvalue weighted by Crippen LogP contribution is -2.51. The zero-order chi connectivity index (χ0) is 35.2. The summed E-state index contributed by atoms with van der Waals surface area (Å²) in [5.41, 5.74) is 9.67. The zero-order valence-electron chi connectivity index (χ0n) is 25.5. The molecule has 0 unspecified atom stereocenters. The van der Waals surface area contributed by atoms with Crippen molar-refractivity contribution in [2.75, 3.05) is 17.3 Å². The normalized spacial score (nSPS) is 14.3. The van der Waals surface area contributed by atoms with E-state index < -0.39 is 18.8 Å². The summed E-state index contributed by atoms with van der Waals surface area (Å²) >= 11 is 0. The van der Waals surface area contributed by atoms with Gasteiger partial charge in [0.05, 0.1) is 18.8 Å². The van der Waals surface area contributed by atoms with Crippen molar-refractivity contribution in [2.45, 2.75) is 38.9 Å². The van der Waals surface area contributed by atoms with Crippen LogP contribution in [-0.2, 0) is 26.2 Å². The summed E-state index contributed by atoms with van der Waals surface area (Å²) in [6.07, 6.45) is -2.93. The molecule has 2 aromatic carbocycles. The second-order valence-corrected chi connectivity index (χ2v) is 10.5. The molecule has 0 fully saturated rings. The number of urea groups is 2. The van der Waals surface area contributed by atoms with E-state index in [1.165, 1.54) is 45.2 Å². The number of carbonyl (C=O) groups is 2. The van der Waals surface area contributed by atoms with Gasteiger partial charge in [0.15, 0.2) is 0 Å². The number of pyridine rings is 2. The fourth-order valence-electron chi connectivity index (χ4n) is 4.81. The number of amides is 4. The molecule has 18 heteroatoms. The van der Waals surface area contributed by atoms with Crippen LogP contribution >= 0.6 is 0 Å². The average molecular weight is 691 g/mol. The maximum atomic E-state index is 12.4. The van der Waals surface area contributed by atoms with Crippen molar-refractivity contribution in [1.29, 1.82) is 0 Å². The van der Waals surface area contributed by atoms with E-state index in [4.69, 9.17) is 0 Å². The first kappa shape index (κ1) is 34.7. The number of anilines is 2. The molecule has 4 aromatic rings. The highest BCUT2D eigenvalue weighted by atomic mass is 19.4. The van der Waals surface area contributed by atoms with Gasteiger partial charge in [-0.2, -0.15) is 0 Å². The van der Waals surface area contributed by atoms with Gasteiger partial charge in [-0.15, -0.1) is 26.3 Å². The number of hydrogen-bond donors (Lipinski definition) is 3. The summed E-state index contributed by atoms with van der Waals surface area (Å²) in [5, 5.41) is 5.23. The lowest BCUT2D eigenvalue weighted by molar-refractivity contribution is -0.275. The number of alkyl halides is 6. The van der Waals surface area contributed by atoms with Crippen LogP contribution in [0.1, 0.15) is 22.3 Å². The smallest absolute Gasteiger partial charge is 0.406 e. The number of nitrogens with zero attached hydrogens (tertiary/aromatic N) is 5. The molecule has 49 heavy (non-hydrogen) atoms. The van der Waals surface area contributed by atoms with Gasteiger partial charge in [0, 0.05) is 61.7 Å². The number of benzene rings is 2. The molecule has 0 radical (unpaired) electrons. The Balaban J connectivity index is 0.000000191. The Kier molecular flexibility index (Phi) is 10.4. The van der Waals surface area contributed by atoms with Gasteiger partial charge in [-0.05, 0) is 59.7 Å². The van der Waals surface area contributed by atoms with Crippen LogP contribution < -0.4 is 30.5 Å². The fourth-order valence-corrected chi connectivity index (χ4v) is 4.81. The summed E-state index contributed by atoms with van der Waals surface area (Å²) in [5.74, 6) is -0.647. The number of ether oxygens (including phenoxy) is 2. The molecule has 0 saturated carbocycles. The van der Waals surface area contributed by atoms with Crippen LogP contribution in [0.25, 0.3) is 0 Å². The number of nitrogens with one attached hydrogen (secondary N) is 3. The highest BCUT2D eigenvalue weighted by molar-refractivity contribution is 5.94. The van der Waals surface area contributed by atoms with Gasteiger partial charge < -0.3 is 14.8 Å². The van der Waals surface area contributed by atoms with Crippen LogP contribution in [0.5, 0.6) is 11.5 Å². The van der Waals surface area contributed by atoms with E-state index in [-0.39, 0.29) is 30.6 Å². The van der Waals surface area contributed by atoms with Gasteiger partial charge in [-0.3, -0.25) is 24.9 Å². The maximum absolute atomic E-state index is 12.4. The Bertz CT molecular complexity index is 1760. The van der Waals surface area contributed by atoms with E-state index in [2.05, 4.69) is 35.6 Å². The minimum atomic E-state index is -4.76. The number of aromatic nitrogens is 2. The third-order valence-electron chi connectivity index (χ3n) is 7.01. The van der Waals surface area contributed by atoms with Gasteiger partial charge in [-0.25, -0.2) is 20.4 Å². The van der Waals surface area contributed by atoms with Crippen molar-refractivity contribution in [1.82, 2.24) is 30.8 Å². The van der Waals surface area contributed by atoms with Crippen LogP contribution in [-0.4, -0.2) is 51.8 Å². The third-order valence-corrected chi connectivity index (χ3v) is 7.01. The monoisotopic (exact) mass is 690 g/mol. The Morgan fingerprint density at radius 1 is 0.755 bits per heavy atom. The number of hydrogen-bond acceptors (Lipinski definition) is 8. The van der Waals surface area contributed by atoms with E-state index in [0.717, 1.165) is 17.2 Å². The molecule has 4 amide bonds. The Labute approximate surface area is 275 Å². The van der Waals surface area contributed by atoms with Crippen LogP contribution in [0.15, 0.2) is 85.5 Å². The van der Waals surface area contributed by atoms with E-state index in [9.17, 15) is 35.9 Å². The molecule has 2 aromatic heterocycles. The molecule has 0 atom stereocenters. The molecule has 258 valence electrons. The predicted molar refractivity (Wildman–Crippen MR) is 162 cm³/mol. The molecule has 2 aliphatic heterocycles. The van der Waals surface area contributed by atoms with Crippen molar-refractivity contribution < 1.29 is 45.4 Å². The SMILES string of the molecule is CN1C(=O)N(NCc2cccnc2)Cc2cc(OC(F)(F)F)ccc21.O=C1Nc2ccc(OC(F)(F)F)cc2CN1NCc1cccnc1. The molecular weight excluding hydrogens is 662 g/mol. The minimum absolute atomic E-state index is 0.108. The first-order valence-corrected chi connectivity index (χ1v) is 14.4. The van der Waals surface area contributed by atoms with Crippen LogP contribution in [0.3, 0.4) is 0 Å². The number of hydrazine groups is 2. The number of rotatable bonds is 8. The van der Waals surface area contributed by atoms with E-state index in [1.807, 2.05) is 12.1 Å². The number of halogens is 6. The molecule has 0 aliphatic carbocycles. The summed E-state index contributed by atoms with van der Waals surface area (Å²) in [7, 11) is 1.56. The van der Waals surface area contributed by atoms with Crippen molar-refractivity contribution in [3.63, 3.8) is 0 Å². The first-order chi connectivity index (χ1) is 23.2. The number of carbonyl (C=O) groups excluding carboxylic acids is 2. The van der Waals surface area contributed by atoms with E-state index in [1.54, 1.807) is 44.0 Å². The van der Waals surface area contributed by atoms with Crippen molar-refractivity contribution >= 4 is 23.4 Å². The molecule has 0 spiro atoms. The Morgan fingerprint density at radius 2 is 1.29 bits per heavy atom. The largest absolute Gasteiger partial charge is 0.573 e. The van der Waals surface area contributed by atoms with Crippen molar-refractivity contribution in [3.8, 4) is 11.5 Å². The van der Waals surface area contributed by atoms with Gasteiger partial charge >= 0.3 is 24.8 Å². The summed E-state index contributed by atoms with van der Waals surface area (Å²) in [4.78, 5) is 33.7. The van der Waals surface area contributed by atoms with Crippen LogP contribution in [0.2, 0.25) is 0 Å². The first-order valence-electron chi connectivity index (χ1n) is 14.4. The zero-order valence-corrected chi connectivity index (χ0v) is 25.5. The topological polar surface area (TPSA) is 124 Å². The second-order valence-electron chi connectivity index (χ2n) is 10.5. The second kappa shape index (κ2) is 14.7. The van der Waals surface area contributed by atoms with E-state index in [0.29, 0.717) is 35.6 Å². The molecule has 3 N–H and O–H groups in total. The average Bonchev–Trinajstić information content (AvgIpc) is 3.05. The fraction of sp³-hybridized carbons (Fsp3) is 0.226. The van der Waals surface area contributed by atoms with Crippen molar-refractivity contribution in [2.24, 2.45) is 0 Å². The third kappa shape index (κ3) is 9.71. The molecule has 0 bridgehead atoms.